The number of benzene rings is 4. The summed E-state index contributed by atoms with van der Waals surface area (Å²) in [5, 5.41) is 2.52. The smallest absolute Gasteiger partial charge is 0.131 e. The first-order valence-electron chi connectivity index (χ1n) is 11.1. The molecule has 0 heterocycles. The third-order valence-electron chi connectivity index (χ3n) is 6.14. The first-order valence-corrected chi connectivity index (χ1v) is 12.0. The molecule has 0 aliphatic heterocycles. The van der Waals surface area contributed by atoms with E-state index in [4.69, 9.17) is 10.5 Å². The number of fused-ring (bicyclic) bond motifs is 3. The van der Waals surface area contributed by atoms with Gasteiger partial charge in [0.15, 0.2) is 0 Å². The largest absolute Gasteiger partial charge is 0.457 e. The summed E-state index contributed by atoms with van der Waals surface area (Å²) in [5.41, 5.74) is 13.9. The van der Waals surface area contributed by atoms with Gasteiger partial charge in [-0.05, 0) is 60.7 Å². The van der Waals surface area contributed by atoms with Crippen molar-refractivity contribution in [3.8, 4) is 11.5 Å². The van der Waals surface area contributed by atoms with Crippen molar-refractivity contribution in [2.75, 3.05) is 0 Å². The van der Waals surface area contributed by atoms with Crippen LogP contribution in [-0.2, 0) is 12.2 Å². The minimum atomic E-state index is 0.831. The summed E-state index contributed by atoms with van der Waals surface area (Å²) in [6.45, 7) is 4.21. The van der Waals surface area contributed by atoms with Crippen LogP contribution in [0.2, 0.25) is 0 Å². The van der Waals surface area contributed by atoms with Crippen molar-refractivity contribution in [3.63, 3.8) is 0 Å². The van der Waals surface area contributed by atoms with Crippen LogP contribution in [0.1, 0.15) is 34.2 Å². The van der Waals surface area contributed by atoms with Crippen molar-refractivity contribution in [2.45, 2.75) is 32.4 Å². The summed E-state index contributed by atoms with van der Waals surface area (Å²) in [7, 11) is 0. The topological polar surface area (TPSA) is 35.2 Å². The van der Waals surface area contributed by atoms with Crippen molar-refractivity contribution < 1.29 is 4.74 Å². The van der Waals surface area contributed by atoms with E-state index in [0.29, 0.717) is 0 Å². The summed E-state index contributed by atoms with van der Waals surface area (Å²) >= 11 is 1.84. The highest BCUT2D eigenvalue weighted by Crippen LogP contribution is 2.40. The average Bonchev–Trinajstić information content (AvgIpc) is 2.80. The monoisotopic (exact) mass is 437 g/mol. The van der Waals surface area contributed by atoms with Crippen LogP contribution in [-0.4, -0.2) is 0 Å². The molecule has 2 N–H and O–H groups in total. The molecule has 0 saturated heterocycles. The number of hydrogen-bond acceptors (Lipinski definition) is 3. The van der Waals surface area contributed by atoms with Gasteiger partial charge in [-0.2, -0.15) is 0 Å². The second-order valence-corrected chi connectivity index (χ2v) is 9.50. The predicted octanol–water partition coefficient (Wildman–Crippen LogP) is 7.76. The second kappa shape index (κ2) is 8.76. The molecule has 160 valence electrons. The van der Waals surface area contributed by atoms with E-state index < -0.39 is 0 Å². The predicted molar refractivity (Wildman–Crippen MR) is 137 cm³/mol. The van der Waals surface area contributed by atoms with E-state index >= 15 is 0 Å². The summed E-state index contributed by atoms with van der Waals surface area (Å²) in [4.78, 5) is 1.27. The average molecular weight is 438 g/mol. The van der Waals surface area contributed by atoms with E-state index in [0.717, 1.165) is 41.4 Å². The third kappa shape index (κ3) is 4.01. The first-order chi connectivity index (χ1) is 15.6. The Morgan fingerprint density at radius 3 is 2.47 bits per heavy atom. The molecule has 3 heteroatoms. The van der Waals surface area contributed by atoms with Gasteiger partial charge in [-0.25, -0.2) is 0 Å². The van der Waals surface area contributed by atoms with Gasteiger partial charge in [0, 0.05) is 27.5 Å². The van der Waals surface area contributed by atoms with Gasteiger partial charge < -0.3 is 10.5 Å². The first kappa shape index (κ1) is 20.7. The van der Waals surface area contributed by atoms with Crippen molar-refractivity contribution in [3.05, 3.63) is 112 Å². The molecule has 0 unspecified atom stereocenters. The fourth-order valence-corrected chi connectivity index (χ4v) is 5.44. The molecule has 0 radical (unpaired) electrons. The number of para-hydroxylation sites is 2. The lowest BCUT2D eigenvalue weighted by Crippen LogP contribution is -2.10. The van der Waals surface area contributed by atoms with Gasteiger partial charge in [-0.15, -0.1) is 11.8 Å². The minimum absolute atomic E-state index is 0.831. The highest BCUT2D eigenvalue weighted by molar-refractivity contribution is 8.02. The second-order valence-electron chi connectivity index (χ2n) is 8.43. The van der Waals surface area contributed by atoms with Crippen LogP contribution < -0.4 is 10.5 Å². The lowest BCUT2D eigenvalue weighted by molar-refractivity contribution is 0.475. The highest BCUT2D eigenvalue weighted by Gasteiger charge is 2.20. The maximum Gasteiger partial charge on any atom is 0.131 e. The van der Waals surface area contributed by atoms with E-state index in [1.807, 2.05) is 42.1 Å². The maximum absolute atomic E-state index is 6.77. The lowest BCUT2D eigenvalue weighted by Gasteiger charge is -2.23. The van der Waals surface area contributed by atoms with Crippen LogP contribution in [0, 0.1) is 13.8 Å². The molecule has 0 saturated carbocycles. The Balaban J connectivity index is 1.43. The molecule has 0 fully saturated rings. The molecule has 0 aromatic heterocycles. The SMILES string of the molecule is Cc1ccc2c3c(ccc2c1)CCC(SCc1ccccc1Oc1ccccc1C)=C3N. The zero-order chi connectivity index (χ0) is 22.1. The van der Waals surface area contributed by atoms with Crippen LogP contribution in [0.4, 0.5) is 0 Å². The fraction of sp³-hybridized carbons (Fsp3) is 0.172. The molecule has 2 nitrogen and oxygen atoms in total. The summed E-state index contributed by atoms with van der Waals surface area (Å²) in [6, 6.07) is 27.5. The number of allylic oxidation sites excluding steroid dienone is 1. The summed E-state index contributed by atoms with van der Waals surface area (Å²) in [6.07, 6.45) is 2.02. The van der Waals surface area contributed by atoms with Gasteiger partial charge in [-0.3, -0.25) is 0 Å². The number of rotatable bonds is 5. The highest BCUT2D eigenvalue weighted by atomic mass is 32.2. The van der Waals surface area contributed by atoms with Crippen LogP contribution in [0.3, 0.4) is 0 Å². The lowest BCUT2D eigenvalue weighted by atomic mass is 9.89. The van der Waals surface area contributed by atoms with Gasteiger partial charge in [0.25, 0.3) is 0 Å². The molecule has 1 aliphatic carbocycles. The molecular weight excluding hydrogens is 410 g/mol. The molecule has 32 heavy (non-hydrogen) atoms. The van der Waals surface area contributed by atoms with Crippen LogP contribution in [0.5, 0.6) is 11.5 Å². The number of ether oxygens (including phenoxy) is 1. The minimum Gasteiger partial charge on any atom is -0.457 e. The Kier molecular flexibility index (Phi) is 5.67. The van der Waals surface area contributed by atoms with Crippen LogP contribution in [0.25, 0.3) is 16.5 Å². The van der Waals surface area contributed by atoms with Crippen LogP contribution in [0.15, 0.2) is 83.8 Å². The molecule has 0 amide bonds. The summed E-state index contributed by atoms with van der Waals surface area (Å²) in [5.74, 6) is 2.64. The van der Waals surface area contributed by atoms with Gasteiger partial charge in [-0.1, -0.05) is 72.3 Å². The number of thioether (sulfide) groups is 1. The van der Waals surface area contributed by atoms with E-state index in [1.165, 1.54) is 37.9 Å². The van der Waals surface area contributed by atoms with Crippen molar-refractivity contribution in [1.29, 1.82) is 0 Å². The maximum atomic E-state index is 6.77. The third-order valence-corrected chi connectivity index (χ3v) is 7.37. The van der Waals surface area contributed by atoms with Crippen molar-refractivity contribution in [2.24, 2.45) is 5.73 Å². The van der Waals surface area contributed by atoms with E-state index in [1.54, 1.807) is 0 Å². The summed E-state index contributed by atoms with van der Waals surface area (Å²) < 4.78 is 6.27. The molecule has 0 atom stereocenters. The van der Waals surface area contributed by atoms with Gasteiger partial charge in [0.05, 0.1) is 0 Å². The molecular formula is C29H27NOS. The van der Waals surface area contributed by atoms with Crippen LogP contribution >= 0.6 is 11.8 Å². The van der Waals surface area contributed by atoms with Crippen molar-refractivity contribution >= 4 is 28.2 Å². The normalized spacial score (nSPS) is 13.3. The quantitative estimate of drug-likeness (QED) is 0.346. The number of hydrogen-bond donors (Lipinski definition) is 1. The Hall–Kier alpha value is -3.17. The molecule has 5 rings (SSSR count). The van der Waals surface area contributed by atoms with Gasteiger partial charge in [0.2, 0.25) is 0 Å². The molecule has 1 aliphatic rings. The zero-order valence-corrected chi connectivity index (χ0v) is 19.3. The van der Waals surface area contributed by atoms with Gasteiger partial charge >= 0.3 is 0 Å². The van der Waals surface area contributed by atoms with Crippen molar-refractivity contribution in [1.82, 2.24) is 0 Å². The fourth-order valence-electron chi connectivity index (χ4n) is 4.37. The van der Waals surface area contributed by atoms with Gasteiger partial charge in [0.1, 0.15) is 11.5 Å². The number of aryl methyl sites for hydroxylation is 3. The molecule has 4 aromatic rings. The van der Waals surface area contributed by atoms with E-state index in [-0.39, 0.29) is 0 Å². The molecule has 0 spiro atoms. The molecule has 0 bridgehead atoms. The Morgan fingerprint density at radius 2 is 1.62 bits per heavy atom. The Morgan fingerprint density at radius 1 is 0.844 bits per heavy atom. The Labute approximate surface area is 194 Å². The Bertz CT molecular complexity index is 1340. The number of nitrogens with two attached hydrogens (primary N) is 1. The standard InChI is InChI=1S/C29H27NOS/c1-19-11-15-24-22(17-19)13-12-21-14-16-27(29(30)28(21)24)32-18-23-8-4-6-10-26(23)31-25-9-5-3-7-20(25)2/h3-13,15,17H,14,16,18,30H2,1-2H3. The molecule has 4 aromatic carbocycles. The van der Waals surface area contributed by atoms with E-state index in [9.17, 15) is 0 Å². The zero-order valence-electron chi connectivity index (χ0n) is 18.5. The van der Waals surface area contributed by atoms with E-state index in [2.05, 4.69) is 62.4 Å².